The summed E-state index contributed by atoms with van der Waals surface area (Å²) in [6, 6.07) is 4.30. The molecule has 0 saturated heterocycles. The summed E-state index contributed by atoms with van der Waals surface area (Å²) in [6.45, 7) is 1.79. The van der Waals surface area contributed by atoms with Gasteiger partial charge in [0.25, 0.3) is 0 Å². The molecule has 4 nitrogen and oxygen atoms in total. The largest absolute Gasteiger partial charge is 0.461 e. The van der Waals surface area contributed by atoms with Gasteiger partial charge >= 0.3 is 12.1 Å². The Hall–Kier alpha value is -2.25. The highest BCUT2D eigenvalue weighted by Gasteiger charge is 2.30. The van der Waals surface area contributed by atoms with E-state index in [0.717, 1.165) is 12.1 Å². The van der Waals surface area contributed by atoms with Crippen LogP contribution in [0.25, 0.3) is 11.3 Å². The van der Waals surface area contributed by atoms with E-state index in [1.54, 1.807) is 6.92 Å². The van der Waals surface area contributed by atoms with Gasteiger partial charge in [-0.1, -0.05) is 23.6 Å². The second-order valence-corrected chi connectivity index (χ2v) is 4.34. The van der Waals surface area contributed by atoms with Crippen molar-refractivity contribution in [2.24, 2.45) is 0 Å². The Labute approximate surface area is 125 Å². The molecular weight excluding hydrogens is 298 g/mol. The van der Waals surface area contributed by atoms with E-state index in [1.807, 2.05) is 0 Å². The molecule has 22 heavy (non-hydrogen) atoms. The number of carbonyl (C=O) groups is 1. The highest BCUT2D eigenvalue weighted by Crippen LogP contribution is 2.32. The molecule has 0 amide bonds. The summed E-state index contributed by atoms with van der Waals surface area (Å²) in [5.74, 6) is -0.538. The van der Waals surface area contributed by atoms with Crippen LogP contribution in [-0.2, 0) is 17.2 Å². The first-order valence-electron chi connectivity index (χ1n) is 6.41. The SMILES string of the molecule is [B]Cc1c(C(=O)OCC)noc1-c1ccc(C(F)(F)F)cc1. The molecule has 0 saturated carbocycles. The summed E-state index contributed by atoms with van der Waals surface area (Å²) in [4.78, 5) is 11.7. The number of ether oxygens (including phenoxy) is 1. The van der Waals surface area contributed by atoms with Gasteiger partial charge in [0.2, 0.25) is 0 Å². The van der Waals surface area contributed by atoms with Crippen molar-refractivity contribution in [3.8, 4) is 11.3 Å². The van der Waals surface area contributed by atoms with Crippen molar-refractivity contribution in [2.75, 3.05) is 6.61 Å². The standard InChI is InChI=1S/C14H11BF3NO3/c1-2-21-13(20)11-10(7-15)12(22-19-11)8-3-5-9(6-4-8)14(16,17)18/h3-6H,2,7H2,1H3. The predicted molar refractivity (Wildman–Crippen MR) is 72.4 cm³/mol. The number of aromatic nitrogens is 1. The Kier molecular flexibility index (Phi) is 4.58. The lowest BCUT2D eigenvalue weighted by Crippen LogP contribution is -2.08. The summed E-state index contributed by atoms with van der Waals surface area (Å²) in [5, 5.41) is 3.60. The molecule has 2 radical (unpaired) electrons. The molecule has 0 atom stereocenters. The van der Waals surface area contributed by atoms with Crippen molar-refractivity contribution in [2.45, 2.75) is 19.4 Å². The summed E-state index contributed by atoms with van der Waals surface area (Å²) in [6.07, 6.45) is -4.49. The van der Waals surface area contributed by atoms with Crippen LogP contribution in [0.3, 0.4) is 0 Å². The van der Waals surface area contributed by atoms with Crippen molar-refractivity contribution >= 4 is 13.8 Å². The van der Waals surface area contributed by atoms with Crippen molar-refractivity contribution < 1.29 is 27.2 Å². The van der Waals surface area contributed by atoms with Gasteiger partial charge in [0.15, 0.2) is 11.5 Å². The van der Waals surface area contributed by atoms with E-state index < -0.39 is 17.7 Å². The van der Waals surface area contributed by atoms with Gasteiger partial charge in [-0.15, -0.1) is 0 Å². The number of carbonyl (C=O) groups excluding carboxylic acids is 1. The second-order valence-electron chi connectivity index (χ2n) is 4.34. The van der Waals surface area contributed by atoms with E-state index in [4.69, 9.17) is 17.1 Å². The van der Waals surface area contributed by atoms with Crippen molar-refractivity contribution in [1.82, 2.24) is 5.16 Å². The Morgan fingerprint density at radius 1 is 1.32 bits per heavy atom. The minimum absolute atomic E-state index is 0.0615. The molecule has 1 aromatic heterocycles. The lowest BCUT2D eigenvalue weighted by molar-refractivity contribution is -0.137. The Morgan fingerprint density at radius 3 is 2.45 bits per heavy atom. The van der Waals surface area contributed by atoms with Gasteiger partial charge in [0, 0.05) is 11.1 Å². The third-order valence-electron chi connectivity index (χ3n) is 2.94. The fourth-order valence-corrected chi connectivity index (χ4v) is 1.90. The molecule has 8 heteroatoms. The maximum absolute atomic E-state index is 12.5. The van der Waals surface area contributed by atoms with Gasteiger partial charge < -0.3 is 9.26 Å². The Bertz CT molecular complexity index is 665. The second kappa shape index (κ2) is 6.25. The topological polar surface area (TPSA) is 52.3 Å². The van der Waals surface area contributed by atoms with E-state index in [1.165, 1.54) is 12.1 Å². The lowest BCUT2D eigenvalue weighted by atomic mass is 9.93. The molecule has 0 fully saturated rings. The molecular formula is C14H11BF3NO3. The average Bonchev–Trinajstić information content (AvgIpc) is 2.90. The van der Waals surface area contributed by atoms with Crippen LogP contribution in [0, 0.1) is 0 Å². The van der Waals surface area contributed by atoms with E-state index in [2.05, 4.69) is 5.16 Å². The molecule has 2 aromatic rings. The first-order chi connectivity index (χ1) is 10.4. The van der Waals surface area contributed by atoms with Crippen LogP contribution in [0.5, 0.6) is 0 Å². The lowest BCUT2D eigenvalue weighted by Gasteiger charge is -2.07. The Morgan fingerprint density at radius 2 is 1.95 bits per heavy atom. The van der Waals surface area contributed by atoms with Crippen molar-refractivity contribution in [3.63, 3.8) is 0 Å². The zero-order valence-corrected chi connectivity index (χ0v) is 11.6. The van der Waals surface area contributed by atoms with E-state index in [-0.39, 0.29) is 24.4 Å². The van der Waals surface area contributed by atoms with E-state index in [0.29, 0.717) is 11.1 Å². The van der Waals surface area contributed by atoms with Crippen LogP contribution in [0.15, 0.2) is 28.8 Å². The van der Waals surface area contributed by atoms with Gasteiger partial charge in [-0.05, 0) is 19.1 Å². The van der Waals surface area contributed by atoms with Gasteiger partial charge in [-0.2, -0.15) is 13.2 Å². The van der Waals surface area contributed by atoms with Crippen LogP contribution >= 0.6 is 0 Å². The molecule has 0 spiro atoms. The normalized spacial score (nSPS) is 11.5. The molecule has 0 aliphatic rings. The minimum atomic E-state index is -4.42. The van der Waals surface area contributed by atoms with Gasteiger partial charge in [-0.25, -0.2) is 4.79 Å². The first kappa shape index (κ1) is 16.1. The highest BCUT2D eigenvalue weighted by molar-refractivity contribution is 6.10. The van der Waals surface area contributed by atoms with Crippen molar-refractivity contribution in [3.05, 3.63) is 41.1 Å². The molecule has 1 heterocycles. The molecule has 0 aliphatic carbocycles. The average molecular weight is 309 g/mol. The van der Waals surface area contributed by atoms with Crippen molar-refractivity contribution in [1.29, 1.82) is 0 Å². The third-order valence-corrected chi connectivity index (χ3v) is 2.94. The number of rotatable bonds is 4. The van der Waals surface area contributed by atoms with Gasteiger partial charge in [0.05, 0.1) is 20.0 Å². The zero-order valence-electron chi connectivity index (χ0n) is 11.6. The van der Waals surface area contributed by atoms with E-state index >= 15 is 0 Å². The highest BCUT2D eigenvalue weighted by atomic mass is 19.4. The van der Waals surface area contributed by atoms with Crippen LogP contribution in [0.2, 0.25) is 0 Å². The molecule has 1 aromatic carbocycles. The summed E-state index contributed by atoms with van der Waals surface area (Å²) in [5.41, 5.74) is -0.218. The summed E-state index contributed by atoms with van der Waals surface area (Å²) in [7, 11) is 5.58. The smallest absolute Gasteiger partial charge is 0.416 e. The number of benzene rings is 1. The monoisotopic (exact) mass is 309 g/mol. The maximum Gasteiger partial charge on any atom is 0.416 e. The fraction of sp³-hybridized carbons (Fsp3) is 0.286. The van der Waals surface area contributed by atoms with Gasteiger partial charge in [-0.3, -0.25) is 0 Å². The fourth-order valence-electron chi connectivity index (χ4n) is 1.90. The first-order valence-corrected chi connectivity index (χ1v) is 6.41. The quantitative estimate of drug-likeness (QED) is 0.643. The number of nitrogens with zero attached hydrogens (tertiary/aromatic N) is 1. The summed E-state index contributed by atoms with van der Waals surface area (Å²) < 4.78 is 47.5. The summed E-state index contributed by atoms with van der Waals surface area (Å²) >= 11 is 0. The number of halogens is 3. The number of hydrogen-bond acceptors (Lipinski definition) is 4. The molecule has 0 bridgehead atoms. The van der Waals surface area contributed by atoms with E-state index in [9.17, 15) is 18.0 Å². The van der Waals surface area contributed by atoms with Gasteiger partial charge in [0.1, 0.15) is 0 Å². The number of esters is 1. The predicted octanol–water partition coefficient (Wildman–Crippen LogP) is 3.21. The zero-order chi connectivity index (χ0) is 16.3. The van der Waals surface area contributed by atoms with Crippen LogP contribution < -0.4 is 0 Å². The molecule has 2 rings (SSSR count). The molecule has 0 aliphatic heterocycles. The minimum Gasteiger partial charge on any atom is -0.461 e. The Balaban J connectivity index is 2.39. The number of hydrogen-bond donors (Lipinski definition) is 0. The number of alkyl halides is 3. The molecule has 0 N–H and O–H groups in total. The van der Waals surface area contributed by atoms with Crippen LogP contribution in [0.4, 0.5) is 13.2 Å². The van der Waals surface area contributed by atoms with Crippen LogP contribution in [0.1, 0.15) is 28.5 Å². The molecule has 114 valence electrons. The third kappa shape index (κ3) is 3.15. The maximum atomic E-state index is 12.5. The van der Waals surface area contributed by atoms with Crippen LogP contribution in [-0.4, -0.2) is 25.6 Å². The molecule has 0 unspecified atom stereocenters.